The molecule has 1 N–H and O–H groups in total. The summed E-state index contributed by atoms with van der Waals surface area (Å²) in [5.41, 5.74) is 0. The van der Waals surface area contributed by atoms with Crippen molar-refractivity contribution in [3.05, 3.63) is 0 Å². The first-order valence-electron chi connectivity index (χ1n) is 30.4. The number of unbranched alkanes of at least 4 members (excludes halogenated alkanes) is 36. The molecule has 1 fully saturated rings. The number of amides is 2. The maximum atomic E-state index is 13.4. The molecule has 1 aliphatic rings. The summed E-state index contributed by atoms with van der Waals surface area (Å²) in [6, 6.07) is 0.575. The smallest absolute Gasteiger partial charge is 0.222 e. The van der Waals surface area contributed by atoms with Crippen molar-refractivity contribution >= 4 is 11.8 Å². The Morgan fingerprint density at radius 1 is 0.333 bits per heavy atom. The Balaban J connectivity index is 2.36. The molecule has 1 aliphatic carbocycles. The predicted octanol–water partition coefficient (Wildman–Crippen LogP) is 17.6. The van der Waals surface area contributed by atoms with Crippen molar-refractivity contribution in [3.8, 4) is 0 Å². The zero-order valence-electron chi connectivity index (χ0n) is 45.5. The lowest BCUT2D eigenvalue weighted by atomic mass is 10.1. The monoisotopic (exact) mass is 930 g/mol. The zero-order valence-corrected chi connectivity index (χ0v) is 45.5. The van der Waals surface area contributed by atoms with Crippen molar-refractivity contribution in [2.45, 2.75) is 323 Å². The van der Waals surface area contributed by atoms with Gasteiger partial charge in [-0.15, -0.1) is 0 Å². The van der Waals surface area contributed by atoms with Crippen LogP contribution in [0.4, 0.5) is 0 Å². The van der Waals surface area contributed by atoms with E-state index in [1.807, 2.05) is 0 Å². The summed E-state index contributed by atoms with van der Waals surface area (Å²) in [6.07, 6.45) is 56.6. The van der Waals surface area contributed by atoms with E-state index in [-0.39, 0.29) is 0 Å². The lowest BCUT2D eigenvalue weighted by molar-refractivity contribution is -0.132. The number of nitrogens with zero attached hydrogens (tertiary/aromatic N) is 3. The number of hydrogen-bond acceptors (Lipinski definition) is 4. The van der Waals surface area contributed by atoms with E-state index in [0.29, 0.717) is 30.4 Å². The highest BCUT2D eigenvalue weighted by molar-refractivity contribution is 5.76. The number of rotatable bonds is 54. The fourth-order valence-corrected chi connectivity index (χ4v) is 10.3. The fourth-order valence-electron chi connectivity index (χ4n) is 10.3. The molecule has 0 bridgehead atoms. The molecule has 0 saturated heterocycles. The summed E-state index contributed by atoms with van der Waals surface area (Å²) in [7, 11) is 0. The predicted molar refractivity (Wildman–Crippen MR) is 290 cm³/mol. The Bertz CT molecular complexity index is 913. The maximum Gasteiger partial charge on any atom is 0.222 e. The molecule has 0 aromatic rings. The summed E-state index contributed by atoms with van der Waals surface area (Å²) in [4.78, 5) is 34.0. The Labute approximate surface area is 414 Å². The second-order valence-corrected chi connectivity index (χ2v) is 21.5. The Morgan fingerprint density at radius 3 is 0.803 bits per heavy atom. The molecule has 0 aromatic carbocycles. The molecule has 392 valence electrons. The molecular weight excluding hydrogens is 811 g/mol. The summed E-state index contributed by atoms with van der Waals surface area (Å²) >= 11 is 0. The first-order chi connectivity index (χ1) is 32.5. The van der Waals surface area contributed by atoms with Gasteiger partial charge in [-0.25, -0.2) is 0 Å². The second kappa shape index (κ2) is 48.9. The van der Waals surface area contributed by atoms with Gasteiger partial charge in [0.05, 0.1) is 0 Å². The van der Waals surface area contributed by atoms with Crippen molar-refractivity contribution in [1.82, 2.24) is 14.7 Å². The van der Waals surface area contributed by atoms with E-state index in [9.17, 15) is 14.7 Å². The van der Waals surface area contributed by atoms with Gasteiger partial charge in [0.15, 0.2) is 0 Å². The van der Waals surface area contributed by atoms with Crippen LogP contribution in [0.15, 0.2) is 0 Å². The average Bonchev–Trinajstić information content (AvgIpc) is 4.12. The van der Waals surface area contributed by atoms with Crippen molar-refractivity contribution < 1.29 is 14.7 Å². The highest BCUT2D eigenvalue weighted by Crippen LogP contribution is 2.35. The van der Waals surface area contributed by atoms with Crippen LogP contribution in [0.2, 0.25) is 0 Å². The molecule has 0 heterocycles. The number of aliphatic hydroxyl groups excluding tert-OH is 1. The topological polar surface area (TPSA) is 64.1 Å². The van der Waals surface area contributed by atoms with Crippen LogP contribution < -0.4 is 0 Å². The highest BCUT2D eigenvalue weighted by Gasteiger charge is 2.40. The minimum atomic E-state index is 0.327. The van der Waals surface area contributed by atoms with Crippen LogP contribution in [0.25, 0.3) is 0 Å². The molecule has 1 saturated carbocycles. The third kappa shape index (κ3) is 38.7. The van der Waals surface area contributed by atoms with Crippen LogP contribution in [-0.4, -0.2) is 83.5 Å². The first-order valence-corrected chi connectivity index (χ1v) is 30.4. The molecule has 0 aliphatic heterocycles. The molecule has 0 unspecified atom stereocenters. The SMILES string of the molecule is CCCCCCCCCCN(CCCCCCCCCC)C(=O)CCCCCCCN(CCCCCCCC(=O)N(CCCCCCCCCC)CCCCCCCCCC)[C@H]1C[C@H]1CO. The highest BCUT2D eigenvalue weighted by atomic mass is 16.3. The number of carbonyl (C=O) groups is 2. The minimum absolute atomic E-state index is 0.327. The Hall–Kier alpha value is -1.14. The van der Waals surface area contributed by atoms with E-state index in [1.54, 1.807) is 0 Å². The largest absolute Gasteiger partial charge is 0.396 e. The lowest BCUT2D eigenvalue weighted by Crippen LogP contribution is -2.32. The van der Waals surface area contributed by atoms with E-state index in [4.69, 9.17) is 0 Å². The summed E-state index contributed by atoms with van der Waals surface area (Å²) in [5, 5.41) is 9.87. The van der Waals surface area contributed by atoms with Crippen LogP contribution in [-0.2, 0) is 9.59 Å². The standard InChI is InChI=1S/C60H119N3O3/c1-5-9-13-17-21-25-33-43-51-62(52-44-34-26-22-18-14-10-6-2)59(65)47-39-31-29-37-41-49-61(58-55-57(58)56-64)50-42-38-30-32-40-48-60(66)63(53-45-35-27-23-19-15-11-7-3)54-46-36-28-24-20-16-12-8-4/h57-58,64H,5-56H2,1-4H3/t57-,58-/m0/s1. The average molecular weight is 931 g/mol. The summed E-state index contributed by atoms with van der Waals surface area (Å²) in [5.74, 6) is 1.29. The number of carbonyl (C=O) groups excluding carboxylic acids is 2. The molecule has 2 atom stereocenters. The van der Waals surface area contributed by atoms with Gasteiger partial charge in [-0.3, -0.25) is 9.59 Å². The zero-order chi connectivity index (χ0) is 47.8. The quantitative estimate of drug-likeness (QED) is 0.0617. The molecule has 6 heteroatoms. The van der Waals surface area contributed by atoms with Crippen molar-refractivity contribution in [3.63, 3.8) is 0 Å². The minimum Gasteiger partial charge on any atom is -0.396 e. The van der Waals surface area contributed by atoms with E-state index in [2.05, 4.69) is 42.4 Å². The van der Waals surface area contributed by atoms with Gasteiger partial charge in [0, 0.05) is 51.7 Å². The molecule has 66 heavy (non-hydrogen) atoms. The van der Waals surface area contributed by atoms with Crippen LogP contribution in [0.5, 0.6) is 0 Å². The Kier molecular flexibility index (Phi) is 46.6. The molecule has 6 nitrogen and oxygen atoms in total. The van der Waals surface area contributed by atoms with Crippen LogP contribution in [0, 0.1) is 5.92 Å². The normalized spacial score (nSPS) is 14.7. The van der Waals surface area contributed by atoms with E-state index in [0.717, 1.165) is 84.2 Å². The Morgan fingerprint density at radius 2 is 0.561 bits per heavy atom. The third-order valence-electron chi connectivity index (χ3n) is 15.1. The van der Waals surface area contributed by atoms with Crippen LogP contribution in [0.3, 0.4) is 0 Å². The van der Waals surface area contributed by atoms with E-state index in [1.165, 1.54) is 244 Å². The second-order valence-electron chi connectivity index (χ2n) is 21.5. The molecular formula is C60H119N3O3. The van der Waals surface area contributed by atoms with E-state index >= 15 is 0 Å². The summed E-state index contributed by atoms with van der Waals surface area (Å²) < 4.78 is 0. The van der Waals surface area contributed by atoms with Gasteiger partial charge >= 0.3 is 0 Å². The van der Waals surface area contributed by atoms with Gasteiger partial charge in [-0.05, 0) is 76.8 Å². The van der Waals surface area contributed by atoms with Crippen LogP contribution >= 0.6 is 0 Å². The van der Waals surface area contributed by atoms with Gasteiger partial charge in [-0.2, -0.15) is 0 Å². The maximum absolute atomic E-state index is 13.4. The van der Waals surface area contributed by atoms with Gasteiger partial charge in [0.2, 0.25) is 11.8 Å². The van der Waals surface area contributed by atoms with E-state index < -0.39 is 0 Å². The third-order valence-corrected chi connectivity index (χ3v) is 15.1. The summed E-state index contributed by atoms with van der Waals surface area (Å²) in [6.45, 7) is 15.6. The van der Waals surface area contributed by atoms with Gasteiger partial charge in [0.25, 0.3) is 0 Å². The molecule has 1 rings (SSSR count). The lowest BCUT2D eigenvalue weighted by Gasteiger charge is -2.23. The first kappa shape index (κ1) is 62.9. The van der Waals surface area contributed by atoms with Crippen molar-refractivity contribution in [2.75, 3.05) is 45.9 Å². The fraction of sp³-hybridized carbons (Fsp3) is 0.967. The van der Waals surface area contributed by atoms with Crippen LogP contribution in [0.1, 0.15) is 317 Å². The number of hydrogen-bond donors (Lipinski definition) is 1. The van der Waals surface area contributed by atoms with Crippen molar-refractivity contribution in [1.29, 1.82) is 0 Å². The van der Waals surface area contributed by atoms with Crippen molar-refractivity contribution in [2.24, 2.45) is 5.92 Å². The molecule has 0 radical (unpaired) electrons. The molecule has 2 amide bonds. The van der Waals surface area contributed by atoms with Gasteiger partial charge < -0.3 is 19.8 Å². The van der Waals surface area contributed by atoms with Gasteiger partial charge in [-0.1, -0.05) is 246 Å². The molecule has 0 aromatic heterocycles. The molecule has 0 spiro atoms. The number of aliphatic hydroxyl groups is 1. The van der Waals surface area contributed by atoms with Gasteiger partial charge in [0.1, 0.15) is 0 Å².